The molecule has 0 saturated carbocycles. The number of hydrogen-bond acceptors (Lipinski definition) is 5. The number of nitrogens with one attached hydrogen (secondary N) is 1. The van der Waals surface area contributed by atoms with Crippen LogP contribution in [-0.2, 0) is 4.79 Å². The van der Waals surface area contributed by atoms with E-state index in [4.69, 9.17) is 10.1 Å². The Morgan fingerprint density at radius 1 is 1.11 bits per heavy atom. The van der Waals surface area contributed by atoms with Crippen LogP contribution in [0.4, 0.5) is 5.82 Å². The van der Waals surface area contributed by atoms with E-state index >= 15 is 0 Å². The molecule has 0 aliphatic carbocycles. The number of para-hydroxylation sites is 1. The van der Waals surface area contributed by atoms with Crippen LogP contribution in [0, 0.1) is 13.8 Å². The van der Waals surface area contributed by atoms with Crippen molar-refractivity contribution < 1.29 is 4.79 Å². The topological polar surface area (TPSA) is 59.8 Å². The summed E-state index contributed by atoms with van der Waals surface area (Å²) in [6, 6.07) is 16.5. The normalized spacial score (nSPS) is 16.6. The lowest BCUT2D eigenvalue weighted by Gasteiger charge is -2.15. The third-order valence-electron chi connectivity index (χ3n) is 4.85. The Kier molecular flexibility index (Phi) is 4.21. The summed E-state index contributed by atoms with van der Waals surface area (Å²) in [5.74, 6) is 1.13. The van der Waals surface area contributed by atoms with Crippen molar-refractivity contribution in [3.63, 3.8) is 0 Å². The van der Waals surface area contributed by atoms with E-state index < -0.39 is 0 Å². The van der Waals surface area contributed by atoms with Gasteiger partial charge in [-0.15, -0.1) is 11.8 Å². The number of nitrogens with zero attached hydrogens (tertiary/aromatic N) is 3. The minimum atomic E-state index is -0.0110. The van der Waals surface area contributed by atoms with Crippen LogP contribution in [-0.4, -0.2) is 26.4 Å². The average Bonchev–Trinajstić information content (AvgIpc) is 3.19. The number of anilines is 1. The van der Waals surface area contributed by atoms with Crippen LogP contribution in [0.1, 0.15) is 27.6 Å². The van der Waals surface area contributed by atoms with Gasteiger partial charge in [-0.25, -0.2) is 4.98 Å². The van der Waals surface area contributed by atoms with Crippen molar-refractivity contribution in [3.05, 3.63) is 70.9 Å². The first kappa shape index (κ1) is 17.5. The van der Waals surface area contributed by atoms with E-state index in [2.05, 4.69) is 42.6 Å². The molecule has 7 heteroatoms. The average molecular weight is 407 g/mol. The fraction of sp³-hybridized carbons (Fsp3) is 0.190. The highest BCUT2D eigenvalue weighted by Crippen LogP contribution is 2.44. The zero-order valence-electron chi connectivity index (χ0n) is 15.5. The number of thioether (sulfide) groups is 1. The molecule has 2 aromatic carbocycles. The van der Waals surface area contributed by atoms with Crippen LogP contribution >= 0.6 is 23.1 Å². The smallest absolute Gasteiger partial charge is 0.235 e. The van der Waals surface area contributed by atoms with Crippen molar-refractivity contribution in [1.82, 2.24) is 14.8 Å². The van der Waals surface area contributed by atoms with Gasteiger partial charge in [-0.2, -0.15) is 9.78 Å². The molecule has 4 aromatic rings. The van der Waals surface area contributed by atoms with Gasteiger partial charge in [0.05, 0.1) is 26.9 Å². The Morgan fingerprint density at radius 2 is 1.89 bits per heavy atom. The number of thiazole rings is 1. The van der Waals surface area contributed by atoms with Crippen molar-refractivity contribution in [3.8, 4) is 5.13 Å². The molecular formula is C21H18N4OS2. The molecule has 5 nitrogen and oxygen atoms in total. The second-order valence-corrected chi connectivity index (χ2v) is 8.98. The van der Waals surface area contributed by atoms with Gasteiger partial charge in [-0.05, 0) is 31.5 Å². The Hall–Kier alpha value is -2.64. The standard InChI is InChI=1S/C21H18N4OS2/c1-12-7-9-14(10-8-12)19-18-13(2)24-25(20(18)23-17(26)11-27-19)21-22-15-5-3-4-6-16(15)28-21/h3-10,19H,11H2,1-2H3,(H,23,26)/t19-/m1/s1. The largest absolute Gasteiger partial charge is 0.310 e. The summed E-state index contributed by atoms with van der Waals surface area (Å²) in [6.45, 7) is 4.08. The quantitative estimate of drug-likeness (QED) is 0.516. The van der Waals surface area contributed by atoms with Gasteiger partial charge in [-0.1, -0.05) is 53.3 Å². The minimum Gasteiger partial charge on any atom is -0.310 e. The van der Waals surface area contributed by atoms with Crippen LogP contribution in [0.5, 0.6) is 0 Å². The summed E-state index contributed by atoms with van der Waals surface area (Å²) in [6.07, 6.45) is 0. The number of aryl methyl sites for hydroxylation is 2. The Bertz CT molecular complexity index is 1160. The minimum absolute atomic E-state index is 0.0110. The highest BCUT2D eigenvalue weighted by Gasteiger charge is 2.31. The van der Waals surface area contributed by atoms with Crippen LogP contribution in [0.15, 0.2) is 48.5 Å². The van der Waals surface area contributed by atoms with Crippen molar-refractivity contribution in [2.45, 2.75) is 19.1 Å². The maximum absolute atomic E-state index is 12.5. The Morgan fingerprint density at radius 3 is 2.68 bits per heavy atom. The summed E-state index contributed by atoms with van der Waals surface area (Å²) in [4.78, 5) is 17.2. The first-order chi connectivity index (χ1) is 13.6. The molecule has 1 aliphatic rings. The van der Waals surface area contributed by atoms with Crippen LogP contribution < -0.4 is 5.32 Å². The van der Waals surface area contributed by atoms with Gasteiger partial charge in [0.1, 0.15) is 5.82 Å². The van der Waals surface area contributed by atoms with Gasteiger partial charge in [0, 0.05) is 5.56 Å². The molecule has 0 unspecified atom stereocenters. The highest BCUT2D eigenvalue weighted by molar-refractivity contribution is 8.00. The van der Waals surface area contributed by atoms with E-state index in [9.17, 15) is 4.79 Å². The second-order valence-electron chi connectivity index (χ2n) is 6.87. The number of aromatic nitrogens is 3. The van der Waals surface area contributed by atoms with Crippen LogP contribution in [0.3, 0.4) is 0 Å². The molecule has 28 heavy (non-hydrogen) atoms. The third-order valence-corrected chi connectivity index (χ3v) is 7.13. The predicted molar refractivity (Wildman–Crippen MR) is 116 cm³/mol. The Balaban J connectivity index is 1.69. The first-order valence-corrected chi connectivity index (χ1v) is 10.9. The maximum Gasteiger partial charge on any atom is 0.235 e. The summed E-state index contributed by atoms with van der Waals surface area (Å²) in [7, 11) is 0. The number of carbonyl (C=O) groups excluding carboxylic acids is 1. The number of carbonyl (C=O) groups is 1. The van der Waals surface area contributed by atoms with Gasteiger partial charge in [0.25, 0.3) is 0 Å². The molecule has 0 fully saturated rings. The van der Waals surface area contributed by atoms with Crippen molar-refractivity contribution in [1.29, 1.82) is 0 Å². The van der Waals surface area contributed by atoms with Gasteiger partial charge in [0.2, 0.25) is 11.0 Å². The summed E-state index contributed by atoms with van der Waals surface area (Å²) in [5, 5.41) is 8.65. The summed E-state index contributed by atoms with van der Waals surface area (Å²) in [5.41, 5.74) is 5.31. The van der Waals surface area contributed by atoms with E-state index in [0.29, 0.717) is 5.75 Å². The van der Waals surface area contributed by atoms with Crippen LogP contribution in [0.25, 0.3) is 15.3 Å². The summed E-state index contributed by atoms with van der Waals surface area (Å²) >= 11 is 3.21. The fourth-order valence-corrected chi connectivity index (χ4v) is 5.59. The van der Waals surface area contributed by atoms with Crippen molar-refractivity contribution in [2.75, 3.05) is 11.1 Å². The molecule has 1 aliphatic heterocycles. The molecule has 1 atom stereocenters. The highest BCUT2D eigenvalue weighted by atomic mass is 32.2. The van der Waals surface area contributed by atoms with E-state index in [1.54, 1.807) is 27.8 Å². The molecular weight excluding hydrogens is 388 g/mol. The van der Waals surface area contributed by atoms with Crippen molar-refractivity contribution >= 4 is 45.0 Å². The molecule has 0 saturated heterocycles. The number of benzene rings is 2. The monoisotopic (exact) mass is 406 g/mol. The second kappa shape index (κ2) is 6.76. The van der Waals surface area contributed by atoms with Gasteiger partial charge < -0.3 is 5.32 Å². The molecule has 0 radical (unpaired) electrons. The number of hydrogen-bond donors (Lipinski definition) is 1. The predicted octanol–water partition coefficient (Wildman–Crippen LogP) is 4.87. The van der Waals surface area contributed by atoms with E-state index in [1.807, 2.05) is 25.1 Å². The SMILES string of the molecule is Cc1ccc([C@H]2SCC(=O)Nc3c2c(C)nn3-c2nc3ccccc3s2)cc1. The Labute approximate surface area is 170 Å². The molecule has 0 spiro atoms. The lowest BCUT2D eigenvalue weighted by molar-refractivity contribution is -0.113. The zero-order valence-corrected chi connectivity index (χ0v) is 17.1. The van der Waals surface area contributed by atoms with E-state index in [1.165, 1.54) is 11.1 Å². The van der Waals surface area contributed by atoms with Gasteiger partial charge in [-0.3, -0.25) is 4.79 Å². The zero-order chi connectivity index (χ0) is 19.3. The number of rotatable bonds is 2. The van der Waals surface area contributed by atoms with E-state index in [0.717, 1.165) is 32.4 Å². The molecule has 0 bridgehead atoms. The number of fused-ring (bicyclic) bond motifs is 2. The van der Waals surface area contributed by atoms with Gasteiger partial charge >= 0.3 is 0 Å². The first-order valence-electron chi connectivity index (χ1n) is 9.03. The molecule has 2 aromatic heterocycles. The van der Waals surface area contributed by atoms with Crippen LogP contribution in [0.2, 0.25) is 0 Å². The number of amides is 1. The fourth-order valence-electron chi connectivity index (χ4n) is 3.48. The van der Waals surface area contributed by atoms with Gasteiger partial charge in [0.15, 0.2) is 0 Å². The molecule has 140 valence electrons. The van der Waals surface area contributed by atoms with E-state index in [-0.39, 0.29) is 11.2 Å². The molecule has 3 heterocycles. The third kappa shape index (κ3) is 2.91. The summed E-state index contributed by atoms with van der Waals surface area (Å²) < 4.78 is 2.89. The molecule has 5 rings (SSSR count). The van der Waals surface area contributed by atoms with Crippen molar-refractivity contribution in [2.24, 2.45) is 0 Å². The molecule has 1 N–H and O–H groups in total. The molecule has 1 amide bonds. The maximum atomic E-state index is 12.5. The lowest BCUT2D eigenvalue weighted by Crippen LogP contribution is -2.15. The lowest BCUT2D eigenvalue weighted by atomic mass is 10.0.